The van der Waals surface area contributed by atoms with Crippen LogP contribution in [0.4, 0.5) is 0 Å². The van der Waals surface area contributed by atoms with Gasteiger partial charge in [0.2, 0.25) is 5.91 Å². The van der Waals surface area contributed by atoms with E-state index in [2.05, 4.69) is 29.5 Å². The molecule has 0 saturated heterocycles. The molecule has 1 amide bonds. The molecule has 0 aliphatic carbocycles. The van der Waals surface area contributed by atoms with Crippen LogP contribution in [0.15, 0.2) is 48.7 Å². The third kappa shape index (κ3) is 19.6. The van der Waals surface area contributed by atoms with E-state index in [1.54, 1.807) is 25.2 Å². The van der Waals surface area contributed by atoms with E-state index in [9.17, 15) is 9.59 Å². The van der Waals surface area contributed by atoms with Gasteiger partial charge in [-0.15, -0.1) is 5.10 Å². The van der Waals surface area contributed by atoms with Gasteiger partial charge >= 0.3 is 5.97 Å². The molecular weight excluding hydrogens is 675 g/mol. The lowest BCUT2D eigenvalue weighted by Gasteiger charge is -2.10. The van der Waals surface area contributed by atoms with Gasteiger partial charge in [0.15, 0.2) is 0 Å². The summed E-state index contributed by atoms with van der Waals surface area (Å²) in [6, 6.07) is 12.8. The highest BCUT2D eigenvalue weighted by molar-refractivity contribution is 6.36. The van der Waals surface area contributed by atoms with Gasteiger partial charge in [-0.05, 0) is 41.2 Å². The number of aryl methyl sites for hydroxylation is 1. The predicted molar refractivity (Wildman–Crippen MR) is 188 cm³/mol. The smallest absolute Gasteiger partial charge is 0.307 e. The topological polar surface area (TPSA) is 143 Å². The number of carbonyl (C=O) groups excluding carboxylic acids is 1. The van der Waals surface area contributed by atoms with Crippen molar-refractivity contribution in [2.75, 3.05) is 66.5 Å². The molecule has 0 saturated carbocycles. The Morgan fingerprint density at radius 1 is 0.816 bits per heavy atom. The first-order valence-electron chi connectivity index (χ1n) is 16.4. The molecule has 49 heavy (non-hydrogen) atoms. The van der Waals surface area contributed by atoms with Crippen molar-refractivity contribution < 1.29 is 38.4 Å². The van der Waals surface area contributed by atoms with Crippen LogP contribution in [0, 0.1) is 5.92 Å². The Hall–Kier alpha value is -3.10. The Morgan fingerprint density at radius 3 is 1.92 bits per heavy atom. The number of halogens is 2. The fourth-order valence-electron chi connectivity index (χ4n) is 4.21. The summed E-state index contributed by atoms with van der Waals surface area (Å²) < 4.78 is 28.9. The molecule has 2 aromatic carbocycles. The van der Waals surface area contributed by atoms with Crippen LogP contribution < -0.4 is 5.32 Å². The molecule has 3 rings (SSSR count). The predicted octanol–water partition coefficient (Wildman–Crippen LogP) is 5.25. The molecule has 272 valence electrons. The van der Waals surface area contributed by atoms with Crippen molar-refractivity contribution in [3.8, 4) is 0 Å². The molecule has 12 nitrogen and oxygen atoms in total. The lowest BCUT2D eigenvalue weighted by atomic mass is 9.98. The van der Waals surface area contributed by atoms with E-state index in [0.717, 1.165) is 35.3 Å². The number of aliphatic carboxylic acids is 1. The lowest BCUT2D eigenvalue weighted by molar-refractivity contribution is -0.136. The molecule has 0 atom stereocenters. The van der Waals surface area contributed by atoms with Gasteiger partial charge in [-0.1, -0.05) is 72.6 Å². The maximum Gasteiger partial charge on any atom is 0.307 e. The fourth-order valence-corrected chi connectivity index (χ4v) is 4.74. The second-order valence-corrected chi connectivity index (χ2v) is 12.1. The summed E-state index contributed by atoms with van der Waals surface area (Å²) in [5, 5.41) is 20.8. The second kappa shape index (κ2) is 25.8. The van der Waals surface area contributed by atoms with Crippen molar-refractivity contribution in [1.82, 2.24) is 20.3 Å². The molecule has 0 fully saturated rings. The van der Waals surface area contributed by atoms with E-state index in [4.69, 9.17) is 52.0 Å². The summed E-state index contributed by atoms with van der Waals surface area (Å²) in [5.41, 5.74) is 3.37. The van der Waals surface area contributed by atoms with Gasteiger partial charge in [0.05, 0.1) is 78.7 Å². The highest BCUT2D eigenvalue weighted by Crippen LogP contribution is 2.28. The van der Waals surface area contributed by atoms with Crippen molar-refractivity contribution >= 4 is 35.1 Å². The minimum atomic E-state index is -0.849. The number of carbonyl (C=O) groups is 2. The Morgan fingerprint density at radius 2 is 1.37 bits per heavy atom. The first-order valence-corrected chi connectivity index (χ1v) is 17.1. The summed E-state index contributed by atoms with van der Waals surface area (Å²) in [6.45, 7) is 10.1. The Bertz CT molecular complexity index is 1340. The SMILES string of the molecule is CNC(=O)CCOCCOCCOCCOCCOCc1cn(CCC(C)C)nn1.O=C(O)Cc1ccccc1Cc1c(Cl)cccc1Cl. The first-order chi connectivity index (χ1) is 23.7. The quantitative estimate of drug-likeness (QED) is 0.118. The minimum Gasteiger partial charge on any atom is -0.481 e. The van der Waals surface area contributed by atoms with E-state index in [1.165, 1.54) is 0 Å². The lowest BCUT2D eigenvalue weighted by Crippen LogP contribution is -2.20. The summed E-state index contributed by atoms with van der Waals surface area (Å²) in [5.74, 6) is -0.230. The van der Waals surface area contributed by atoms with Crippen molar-refractivity contribution in [3.63, 3.8) is 0 Å². The zero-order chi connectivity index (χ0) is 35.7. The molecule has 0 radical (unpaired) electrons. The van der Waals surface area contributed by atoms with Crippen molar-refractivity contribution in [2.24, 2.45) is 5.92 Å². The van der Waals surface area contributed by atoms with Crippen molar-refractivity contribution in [3.05, 3.63) is 81.1 Å². The zero-order valence-corrected chi connectivity index (χ0v) is 30.2. The van der Waals surface area contributed by atoms with Crippen LogP contribution in [0.25, 0.3) is 0 Å². The molecule has 0 aliphatic heterocycles. The standard InChI is InChI=1S/C20H38N4O6.C15H12Cl2O2/c1-18(2)4-6-24-16-19(22-23-24)17-30-15-14-29-13-12-28-11-10-27-9-8-26-7-5-20(25)21-3;16-13-6-3-7-14(17)12(13)8-10-4-1-2-5-11(10)9-15(18)19/h16,18H,4-15,17H2,1-3H3,(H,21,25);1-7H,8-9H2,(H,18,19). The van der Waals surface area contributed by atoms with Crippen LogP contribution in [-0.2, 0) is 59.3 Å². The van der Waals surface area contributed by atoms with Crippen LogP contribution in [0.2, 0.25) is 10.0 Å². The number of ether oxygens (including phenoxy) is 5. The molecule has 2 N–H and O–H groups in total. The molecule has 0 spiro atoms. The average Bonchev–Trinajstić information content (AvgIpc) is 3.53. The number of amides is 1. The van der Waals surface area contributed by atoms with Gasteiger partial charge < -0.3 is 34.1 Å². The molecular formula is C35H50Cl2N4O8. The van der Waals surface area contributed by atoms with Crippen molar-refractivity contribution in [1.29, 1.82) is 0 Å². The number of nitrogens with zero attached hydrogens (tertiary/aromatic N) is 3. The van der Waals surface area contributed by atoms with Crippen LogP contribution in [-0.4, -0.2) is 98.5 Å². The first kappa shape index (κ1) is 42.1. The van der Waals surface area contributed by atoms with Crippen molar-refractivity contribution in [2.45, 2.75) is 52.7 Å². The highest BCUT2D eigenvalue weighted by atomic mass is 35.5. The van der Waals surface area contributed by atoms with Gasteiger partial charge in [-0.2, -0.15) is 0 Å². The molecule has 1 aromatic heterocycles. The van der Waals surface area contributed by atoms with Gasteiger partial charge in [0, 0.05) is 36.5 Å². The Kier molecular flexibility index (Phi) is 22.2. The van der Waals surface area contributed by atoms with Crippen LogP contribution >= 0.6 is 23.2 Å². The largest absolute Gasteiger partial charge is 0.481 e. The highest BCUT2D eigenvalue weighted by Gasteiger charge is 2.11. The number of carboxylic acids is 1. The molecule has 1 heterocycles. The molecule has 0 bridgehead atoms. The molecule has 3 aromatic rings. The Labute approximate surface area is 299 Å². The summed E-state index contributed by atoms with van der Waals surface area (Å²) in [7, 11) is 1.61. The number of benzene rings is 2. The minimum absolute atomic E-state index is 0.00174. The van der Waals surface area contributed by atoms with E-state index < -0.39 is 5.97 Å². The number of aromatic nitrogens is 3. The summed E-state index contributed by atoms with van der Waals surface area (Å²) in [6.07, 6.45) is 3.90. The maximum atomic E-state index is 11.0. The normalized spacial score (nSPS) is 11.0. The second-order valence-electron chi connectivity index (χ2n) is 11.3. The third-order valence-electron chi connectivity index (χ3n) is 6.90. The van der Waals surface area contributed by atoms with E-state index in [-0.39, 0.29) is 12.3 Å². The van der Waals surface area contributed by atoms with E-state index in [0.29, 0.717) is 94.9 Å². The molecule has 0 aliphatic rings. The van der Waals surface area contributed by atoms with E-state index in [1.807, 2.05) is 35.1 Å². The van der Waals surface area contributed by atoms with E-state index >= 15 is 0 Å². The van der Waals surface area contributed by atoms with Crippen LogP contribution in [0.3, 0.4) is 0 Å². The van der Waals surface area contributed by atoms with Gasteiger partial charge in [-0.25, -0.2) is 0 Å². The number of hydrogen-bond acceptors (Lipinski definition) is 9. The Balaban J connectivity index is 0.000000374. The number of hydrogen-bond donors (Lipinski definition) is 2. The maximum absolute atomic E-state index is 11.0. The fraction of sp³-hybridized carbons (Fsp3) is 0.543. The molecule has 0 unspecified atom stereocenters. The van der Waals surface area contributed by atoms with Gasteiger partial charge in [0.1, 0.15) is 5.69 Å². The molecule has 14 heteroatoms. The number of nitrogens with one attached hydrogen (secondary N) is 1. The van der Waals surface area contributed by atoms with Gasteiger partial charge in [-0.3, -0.25) is 14.3 Å². The summed E-state index contributed by atoms with van der Waals surface area (Å²) >= 11 is 12.3. The van der Waals surface area contributed by atoms with Crippen LogP contribution in [0.5, 0.6) is 0 Å². The summed E-state index contributed by atoms with van der Waals surface area (Å²) in [4.78, 5) is 21.8. The van der Waals surface area contributed by atoms with Gasteiger partial charge in [0.25, 0.3) is 0 Å². The average molecular weight is 726 g/mol. The number of carboxylic acid groups (broad SMARTS) is 1. The third-order valence-corrected chi connectivity index (χ3v) is 7.61. The number of rotatable bonds is 24. The zero-order valence-electron chi connectivity index (χ0n) is 28.7. The van der Waals surface area contributed by atoms with Crippen LogP contribution in [0.1, 0.15) is 49.1 Å². The monoisotopic (exact) mass is 724 g/mol.